The Balaban J connectivity index is 1.08. The summed E-state index contributed by atoms with van der Waals surface area (Å²) in [5, 5.41) is 6.51. The molecule has 3 nitrogen and oxygen atoms in total. The monoisotopic (exact) mass is 613 g/mol. The van der Waals surface area contributed by atoms with Crippen molar-refractivity contribution in [3.63, 3.8) is 0 Å². The first-order valence-electron chi connectivity index (χ1n) is 15.2. The van der Waals surface area contributed by atoms with Crippen molar-refractivity contribution < 1.29 is 9.15 Å². The number of para-hydroxylation sites is 2. The summed E-state index contributed by atoms with van der Waals surface area (Å²) < 4.78 is 12.4. The van der Waals surface area contributed by atoms with E-state index in [1.54, 1.807) is 0 Å². The quantitative estimate of drug-likeness (QED) is 0.194. The summed E-state index contributed by atoms with van der Waals surface area (Å²) in [6.07, 6.45) is 0. The Morgan fingerprint density at radius 3 is 1.80 bits per heavy atom. The second kappa shape index (κ2) is 12.0. The van der Waals surface area contributed by atoms with Crippen LogP contribution < -0.4 is 10.1 Å². The van der Waals surface area contributed by atoms with Crippen LogP contribution in [0, 0.1) is 0 Å². The normalized spacial score (nSPS) is 11.2. The van der Waals surface area contributed by atoms with Gasteiger partial charge in [0.15, 0.2) is 0 Å². The molecule has 8 rings (SSSR count). The molecule has 4 heteroatoms. The first kappa shape index (κ1) is 27.8. The van der Waals surface area contributed by atoms with E-state index in [1.165, 1.54) is 0 Å². The third kappa shape index (κ3) is 5.49. The van der Waals surface area contributed by atoms with E-state index in [1.807, 2.05) is 60.7 Å². The van der Waals surface area contributed by atoms with Gasteiger partial charge in [0.2, 0.25) is 0 Å². The Hall–Kier alpha value is -5.77. The second-order valence-electron chi connectivity index (χ2n) is 11.2. The fourth-order valence-electron chi connectivity index (χ4n) is 6.00. The van der Waals surface area contributed by atoms with Gasteiger partial charge in [-0.2, -0.15) is 0 Å². The maximum Gasteiger partial charge on any atom is 0.136 e. The Labute approximate surface area is 272 Å². The predicted molar refractivity (Wildman–Crippen MR) is 191 cm³/mol. The number of hydrogen-bond donors (Lipinski definition) is 1. The molecule has 0 saturated heterocycles. The molecule has 0 aliphatic carbocycles. The first-order chi connectivity index (χ1) is 22.7. The predicted octanol–water partition coefficient (Wildman–Crippen LogP) is 12.8. The van der Waals surface area contributed by atoms with Gasteiger partial charge in [-0.1, -0.05) is 127 Å². The van der Waals surface area contributed by atoms with Gasteiger partial charge in [-0.3, -0.25) is 0 Å². The highest BCUT2D eigenvalue weighted by Crippen LogP contribution is 2.40. The standard InChI is InChI=1S/C42H28ClNO2/c43-32-25-33(44-42-36(29-10-3-1-4-11-29)15-9-16-37(42)30-12-5-2-6-13-30)27-35(26-32)45-34-21-18-28(19-22-34)31-20-23-39-38-14-7-8-17-40(38)46-41(39)24-31/h1-27,44H. The Morgan fingerprint density at radius 1 is 0.457 bits per heavy atom. The van der Waals surface area contributed by atoms with Crippen molar-refractivity contribution in [1.82, 2.24) is 0 Å². The van der Waals surface area contributed by atoms with Gasteiger partial charge < -0.3 is 14.5 Å². The number of anilines is 2. The minimum Gasteiger partial charge on any atom is -0.457 e. The van der Waals surface area contributed by atoms with Gasteiger partial charge in [0.25, 0.3) is 0 Å². The number of nitrogens with one attached hydrogen (secondary N) is 1. The van der Waals surface area contributed by atoms with E-state index in [9.17, 15) is 0 Å². The maximum absolute atomic E-state index is 6.65. The first-order valence-corrected chi connectivity index (χ1v) is 15.6. The zero-order valence-corrected chi connectivity index (χ0v) is 25.5. The van der Waals surface area contributed by atoms with Crippen LogP contribution in [0.4, 0.5) is 11.4 Å². The minimum atomic E-state index is 0.578. The summed E-state index contributed by atoms with van der Waals surface area (Å²) in [4.78, 5) is 0. The summed E-state index contributed by atoms with van der Waals surface area (Å²) in [5.41, 5.74) is 10.2. The molecule has 0 amide bonds. The minimum absolute atomic E-state index is 0.578. The highest BCUT2D eigenvalue weighted by atomic mass is 35.5. The molecule has 7 aromatic carbocycles. The molecule has 1 heterocycles. The van der Waals surface area contributed by atoms with E-state index >= 15 is 0 Å². The lowest BCUT2D eigenvalue weighted by atomic mass is 9.95. The Morgan fingerprint density at radius 2 is 1.09 bits per heavy atom. The van der Waals surface area contributed by atoms with Crippen molar-refractivity contribution in [2.75, 3.05) is 5.32 Å². The van der Waals surface area contributed by atoms with Gasteiger partial charge in [0, 0.05) is 38.7 Å². The van der Waals surface area contributed by atoms with Crippen LogP contribution in [-0.2, 0) is 0 Å². The van der Waals surface area contributed by atoms with Crippen LogP contribution in [0.15, 0.2) is 168 Å². The number of halogens is 1. The van der Waals surface area contributed by atoms with E-state index in [2.05, 4.69) is 108 Å². The van der Waals surface area contributed by atoms with E-state index < -0.39 is 0 Å². The Bertz CT molecular complexity index is 2250. The van der Waals surface area contributed by atoms with Crippen LogP contribution in [-0.4, -0.2) is 0 Å². The van der Waals surface area contributed by atoms with Gasteiger partial charge in [-0.15, -0.1) is 0 Å². The fraction of sp³-hybridized carbons (Fsp3) is 0. The molecule has 0 atom stereocenters. The molecule has 0 aliphatic rings. The van der Waals surface area contributed by atoms with Crippen molar-refractivity contribution in [2.45, 2.75) is 0 Å². The molecule has 46 heavy (non-hydrogen) atoms. The van der Waals surface area contributed by atoms with Crippen LogP contribution in [0.25, 0.3) is 55.3 Å². The summed E-state index contributed by atoms with van der Waals surface area (Å²) in [5.74, 6) is 1.36. The van der Waals surface area contributed by atoms with Crippen LogP contribution in [0.3, 0.4) is 0 Å². The molecule has 0 fully saturated rings. The van der Waals surface area contributed by atoms with Gasteiger partial charge in [-0.05, 0) is 64.7 Å². The molecule has 220 valence electrons. The SMILES string of the molecule is Clc1cc(Nc2c(-c3ccccc3)cccc2-c2ccccc2)cc(Oc2ccc(-c3ccc4c(c3)oc3ccccc34)cc2)c1. The molecule has 0 spiro atoms. The van der Waals surface area contributed by atoms with Crippen LogP contribution in [0.5, 0.6) is 11.5 Å². The number of rotatable bonds is 7. The summed E-state index contributed by atoms with van der Waals surface area (Å²) in [7, 11) is 0. The molecule has 0 radical (unpaired) electrons. The average Bonchev–Trinajstić information content (AvgIpc) is 3.47. The van der Waals surface area contributed by atoms with Crippen molar-refractivity contribution >= 4 is 44.9 Å². The lowest BCUT2D eigenvalue weighted by Crippen LogP contribution is -1.97. The maximum atomic E-state index is 6.65. The molecular weight excluding hydrogens is 586 g/mol. The number of ether oxygens (including phenoxy) is 1. The zero-order chi connectivity index (χ0) is 30.9. The highest BCUT2D eigenvalue weighted by Gasteiger charge is 2.14. The number of hydrogen-bond acceptors (Lipinski definition) is 3. The van der Waals surface area contributed by atoms with Crippen molar-refractivity contribution in [2.24, 2.45) is 0 Å². The van der Waals surface area contributed by atoms with Gasteiger partial charge in [0.05, 0.1) is 5.69 Å². The van der Waals surface area contributed by atoms with Crippen molar-refractivity contribution in [1.29, 1.82) is 0 Å². The highest BCUT2D eigenvalue weighted by molar-refractivity contribution is 6.31. The smallest absolute Gasteiger partial charge is 0.136 e. The zero-order valence-electron chi connectivity index (χ0n) is 24.8. The lowest BCUT2D eigenvalue weighted by molar-refractivity contribution is 0.483. The number of furan rings is 1. The van der Waals surface area contributed by atoms with Gasteiger partial charge in [0.1, 0.15) is 22.7 Å². The molecule has 8 aromatic rings. The summed E-state index contributed by atoms with van der Waals surface area (Å²) in [6.45, 7) is 0. The second-order valence-corrected chi connectivity index (χ2v) is 11.6. The molecule has 0 saturated carbocycles. The van der Waals surface area contributed by atoms with E-state index in [-0.39, 0.29) is 0 Å². The van der Waals surface area contributed by atoms with Crippen LogP contribution >= 0.6 is 11.6 Å². The third-order valence-electron chi connectivity index (χ3n) is 8.18. The average molecular weight is 614 g/mol. The molecule has 1 N–H and O–H groups in total. The van der Waals surface area contributed by atoms with Crippen LogP contribution in [0.2, 0.25) is 5.02 Å². The largest absolute Gasteiger partial charge is 0.457 e. The fourth-order valence-corrected chi connectivity index (χ4v) is 6.22. The molecule has 1 aromatic heterocycles. The summed E-state index contributed by atoms with van der Waals surface area (Å²) >= 11 is 6.65. The topological polar surface area (TPSA) is 34.4 Å². The molecular formula is C42H28ClNO2. The Kier molecular flexibility index (Phi) is 7.22. The lowest BCUT2D eigenvalue weighted by Gasteiger charge is -2.18. The van der Waals surface area contributed by atoms with Crippen molar-refractivity contribution in [3.8, 4) is 44.9 Å². The van der Waals surface area contributed by atoms with Crippen LogP contribution in [0.1, 0.15) is 0 Å². The van der Waals surface area contributed by atoms with Gasteiger partial charge >= 0.3 is 0 Å². The van der Waals surface area contributed by atoms with Crippen molar-refractivity contribution in [3.05, 3.63) is 169 Å². The number of benzene rings is 7. The molecule has 0 aliphatic heterocycles. The number of fused-ring (bicyclic) bond motifs is 3. The van der Waals surface area contributed by atoms with E-state index in [0.717, 1.165) is 72.4 Å². The molecule has 0 bridgehead atoms. The summed E-state index contributed by atoms with van der Waals surface area (Å²) in [6, 6.07) is 55.4. The van der Waals surface area contributed by atoms with E-state index in [0.29, 0.717) is 10.8 Å². The molecule has 0 unspecified atom stereocenters. The third-order valence-corrected chi connectivity index (χ3v) is 8.40. The van der Waals surface area contributed by atoms with Gasteiger partial charge in [-0.25, -0.2) is 0 Å². The van der Waals surface area contributed by atoms with E-state index in [4.69, 9.17) is 20.8 Å².